The summed E-state index contributed by atoms with van der Waals surface area (Å²) < 4.78 is 4.21. The summed E-state index contributed by atoms with van der Waals surface area (Å²) in [7, 11) is 0. The molecule has 5 aromatic carbocycles. The Morgan fingerprint density at radius 2 is 0.900 bits per heavy atom. The molecule has 40 heavy (non-hydrogen) atoms. The molecule has 0 amide bonds. The van der Waals surface area contributed by atoms with Gasteiger partial charge in [0.15, 0.2) is 0 Å². The van der Waals surface area contributed by atoms with Crippen molar-refractivity contribution in [3.8, 4) is 35.7 Å². The van der Waals surface area contributed by atoms with Crippen LogP contribution in [-0.4, -0.2) is 9.13 Å². The van der Waals surface area contributed by atoms with E-state index in [1.807, 2.05) is 36.4 Å². The second kappa shape index (κ2) is 8.61. The number of fused-ring (bicyclic) bond motifs is 7. The summed E-state index contributed by atoms with van der Waals surface area (Å²) in [6, 6.07) is 39.5. The molecule has 0 aliphatic carbocycles. The number of hydrogen-bond acceptors (Lipinski definition) is 4. The highest BCUT2D eigenvalue weighted by molar-refractivity contribution is 6.26. The molecular formula is C34H16N6. The Morgan fingerprint density at radius 3 is 1.45 bits per heavy atom. The third-order valence-corrected chi connectivity index (χ3v) is 7.34. The smallest absolute Gasteiger partial charge is 0.0992 e. The molecule has 0 bridgehead atoms. The van der Waals surface area contributed by atoms with Crippen LogP contribution in [-0.2, 0) is 0 Å². The van der Waals surface area contributed by atoms with Gasteiger partial charge in [0.05, 0.1) is 68.6 Å². The average molecular weight is 509 g/mol. The van der Waals surface area contributed by atoms with Crippen molar-refractivity contribution in [2.45, 2.75) is 0 Å². The fraction of sp³-hybridized carbons (Fsp3) is 0. The Labute approximate surface area is 228 Å². The Hall–Kier alpha value is -6.34. The van der Waals surface area contributed by atoms with Gasteiger partial charge in [-0.05, 0) is 54.6 Å². The molecule has 6 heteroatoms. The van der Waals surface area contributed by atoms with Crippen molar-refractivity contribution in [2.75, 3.05) is 0 Å². The lowest BCUT2D eigenvalue weighted by molar-refractivity contribution is 1.17. The molecule has 6 nitrogen and oxygen atoms in total. The molecule has 0 radical (unpaired) electrons. The van der Waals surface area contributed by atoms with Crippen molar-refractivity contribution in [2.24, 2.45) is 0 Å². The fourth-order valence-corrected chi connectivity index (χ4v) is 5.79. The maximum Gasteiger partial charge on any atom is 0.0992 e. The van der Waals surface area contributed by atoms with Gasteiger partial charge in [-0.25, -0.2) is 0 Å². The lowest BCUT2D eigenvalue weighted by atomic mass is 10.1. The van der Waals surface area contributed by atoms with E-state index in [0.29, 0.717) is 22.3 Å². The van der Waals surface area contributed by atoms with Gasteiger partial charge in [0, 0.05) is 32.9 Å². The first kappa shape index (κ1) is 22.8. The van der Waals surface area contributed by atoms with E-state index in [1.165, 1.54) is 0 Å². The van der Waals surface area contributed by atoms with E-state index in [0.717, 1.165) is 55.0 Å². The van der Waals surface area contributed by atoms with E-state index in [4.69, 9.17) is 0 Å². The van der Waals surface area contributed by atoms with Crippen LogP contribution in [0.25, 0.3) is 55.0 Å². The molecule has 0 N–H and O–H groups in total. The second-order valence-corrected chi connectivity index (χ2v) is 9.55. The van der Waals surface area contributed by atoms with Crippen molar-refractivity contribution >= 4 is 43.6 Å². The van der Waals surface area contributed by atoms with Gasteiger partial charge in [-0.1, -0.05) is 42.5 Å². The number of nitrogens with zero attached hydrogens (tertiary/aromatic N) is 6. The largest absolute Gasteiger partial charge is 0.309 e. The highest BCUT2D eigenvalue weighted by Gasteiger charge is 2.21. The highest BCUT2D eigenvalue weighted by atomic mass is 15.0. The highest BCUT2D eigenvalue weighted by Crippen LogP contribution is 2.42. The van der Waals surface area contributed by atoms with Crippen LogP contribution in [0.1, 0.15) is 22.3 Å². The van der Waals surface area contributed by atoms with Gasteiger partial charge >= 0.3 is 0 Å². The van der Waals surface area contributed by atoms with Gasteiger partial charge in [-0.3, -0.25) is 0 Å². The first-order chi connectivity index (χ1) is 19.6. The van der Waals surface area contributed by atoms with Crippen molar-refractivity contribution in [1.82, 2.24) is 9.13 Å². The number of benzene rings is 5. The summed E-state index contributed by atoms with van der Waals surface area (Å²) in [5.41, 5.74) is 6.84. The van der Waals surface area contributed by atoms with Crippen LogP contribution in [0.15, 0.2) is 97.1 Å². The summed E-state index contributed by atoms with van der Waals surface area (Å²) in [4.78, 5) is 0. The van der Waals surface area contributed by atoms with Crippen LogP contribution in [0, 0.1) is 45.3 Å². The molecule has 0 unspecified atom stereocenters. The molecule has 0 aliphatic heterocycles. The fourth-order valence-electron chi connectivity index (χ4n) is 5.79. The first-order valence-electron chi connectivity index (χ1n) is 12.5. The summed E-state index contributed by atoms with van der Waals surface area (Å²) >= 11 is 0. The van der Waals surface area contributed by atoms with Gasteiger partial charge in [0.2, 0.25) is 0 Å². The van der Waals surface area contributed by atoms with Gasteiger partial charge in [0.1, 0.15) is 0 Å². The van der Waals surface area contributed by atoms with Crippen molar-refractivity contribution < 1.29 is 0 Å². The number of hydrogen-bond donors (Lipinski definition) is 0. The summed E-state index contributed by atoms with van der Waals surface area (Å²) in [5.74, 6) is 0. The van der Waals surface area contributed by atoms with Crippen molar-refractivity contribution in [3.63, 3.8) is 0 Å². The number of rotatable bonds is 2. The zero-order valence-electron chi connectivity index (χ0n) is 20.9. The molecule has 0 aliphatic rings. The lowest BCUT2D eigenvalue weighted by Crippen LogP contribution is -1.97. The molecule has 182 valence electrons. The summed E-state index contributed by atoms with van der Waals surface area (Å²) in [5, 5.41) is 42.8. The zero-order chi connectivity index (χ0) is 27.4. The zero-order valence-corrected chi connectivity index (χ0v) is 20.9. The van der Waals surface area contributed by atoms with E-state index in [-0.39, 0.29) is 0 Å². The van der Waals surface area contributed by atoms with Gasteiger partial charge in [-0.15, -0.1) is 0 Å². The normalized spacial score (nSPS) is 10.9. The van der Waals surface area contributed by atoms with E-state index >= 15 is 0 Å². The minimum atomic E-state index is 0.409. The van der Waals surface area contributed by atoms with Crippen molar-refractivity contribution in [1.29, 1.82) is 21.0 Å². The molecule has 2 aromatic heterocycles. The monoisotopic (exact) mass is 508 g/mol. The molecular weight excluding hydrogens is 492 g/mol. The van der Waals surface area contributed by atoms with Crippen LogP contribution >= 0.6 is 0 Å². The predicted molar refractivity (Wildman–Crippen MR) is 154 cm³/mol. The second-order valence-electron chi connectivity index (χ2n) is 9.55. The molecule has 0 spiro atoms. The maximum atomic E-state index is 9.72. The Kier molecular flexibility index (Phi) is 4.91. The summed E-state index contributed by atoms with van der Waals surface area (Å²) in [6.07, 6.45) is 0. The number of para-hydroxylation sites is 2. The molecule has 0 saturated heterocycles. The topological polar surface area (TPSA) is 105 Å². The van der Waals surface area contributed by atoms with Crippen LogP contribution < -0.4 is 0 Å². The molecule has 0 atom stereocenters. The van der Waals surface area contributed by atoms with Crippen LogP contribution in [0.2, 0.25) is 0 Å². The number of aromatic nitrogens is 2. The Morgan fingerprint density at radius 1 is 0.425 bits per heavy atom. The molecule has 7 rings (SSSR count). The van der Waals surface area contributed by atoms with E-state index in [1.54, 1.807) is 36.4 Å². The Balaban J connectivity index is 1.72. The molecule has 0 saturated carbocycles. The van der Waals surface area contributed by atoms with E-state index in [9.17, 15) is 21.0 Å². The summed E-state index contributed by atoms with van der Waals surface area (Å²) in [6.45, 7) is 0. The molecule has 7 aromatic rings. The molecule has 0 fully saturated rings. The number of nitriles is 4. The minimum Gasteiger partial charge on any atom is -0.309 e. The van der Waals surface area contributed by atoms with Crippen molar-refractivity contribution in [3.05, 3.63) is 119 Å². The third-order valence-electron chi connectivity index (χ3n) is 7.34. The average Bonchev–Trinajstić information content (AvgIpc) is 3.53. The predicted octanol–water partition coefficient (Wildman–Crippen LogP) is 7.37. The van der Waals surface area contributed by atoms with Gasteiger partial charge < -0.3 is 9.13 Å². The molecule has 2 heterocycles. The van der Waals surface area contributed by atoms with Gasteiger partial charge in [0.25, 0.3) is 0 Å². The Bertz CT molecular complexity index is 2310. The van der Waals surface area contributed by atoms with Crippen LogP contribution in [0.5, 0.6) is 0 Å². The van der Waals surface area contributed by atoms with Crippen LogP contribution in [0.3, 0.4) is 0 Å². The van der Waals surface area contributed by atoms with E-state index < -0.39 is 0 Å². The lowest BCUT2D eigenvalue weighted by Gasteiger charge is -2.11. The quantitative estimate of drug-likeness (QED) is 0.243. The third kappa shape index (κ3) is 3.19. The first-order valence-corrected chi connectivity index (χ1v) is 12.5. The minimum absolute atomic E-state index is 0.409. The van der Waals surface area contributed by atoms with E-state index in [2.05, 4.69) is 57.7 Å². The van der Waals surface area contributed by atoms with Gasteiger partial charge in [-0.2, -0.15) is 21.0 Å². The standard InChI is InChI=1S/C34H16N6/c35-17-21-11-22(18-36)14-25(13-21)39-31-8-4-2-6-29(31)33-32(39)10-9-28-27-5-1-3-7-30(27)40(34(28)33)26-15-23(19-37)12-24(16-26)20-38/h1-16H. The maximum absolute atomic E-state index is 9.72. The SMILES string of the molecule is N#Cc1cc(C#N)cc(-n2c3ccccc3c3c2ccc2c4ccccc4n(-c4cc(C#N)cc(C#N)c4)c23)c1. The van der Waals surface area contributed by atoms with Crippen LogP contribution in [0.4, 0.5) is 0 Å².